The van der Waals surface area contributed by atoms with Crippen LogP contribution in [0, 0.1) is 0 Å². The summed E-state index contributed by atoms with van der Waals surface area (Å²) in [5, 5.41) is 0. The number of nitrogens with zero attached hydrogens (tertiary/aromatic N) is 1. The summed E-state index contributed by atoms with van der Waals surface area (Å²) < 4.78 is 1.19. The van der Waals surface area contributed by atoms with Gasteiger partial charge in [-0.3, -0.25) is 4.90 Å². The third-order valence-corrected chi connectivity index (χ3v) is 3.58. The van der Waals surface area contributed by atoms with Gasteiger partial charge in [0.25, 0.3) is 0 Å². The Labute approximate surface area is 114 Å². The topological polar surface area (TPSA) is 3.24 Å². The van der Waals surface area contributed by atoms with Crippen molar-refractivity contribution in [3.05, 3.63) is 33.8 Å². The van der Waals surface area contributed by atoms with Crippen LogP contribution in [0.2, 0.25) is 0 Å². The molecular weight excluding hydrogens is 274 g/mol. The second kappa shape index (κ2) is 6.01. The Morgan fingerprint density at radius 2 is 1.65 bits per heavy atom. The van der Waals surface area contributed by atoms with Crippen LogP contribution in [-0.4, -0.2) is 18.0 Å². The second-order valence-electron chi connectivity index (χ2n) is 5.56. The van der Waals surface area contributed by atoms with E-state index in [1.54, 1.807) is 0 Å². The molecule has 0 bridgehead atoms. The van der Waals surface area contributed by atoms with Crippen molar-refractivity contribution in [3.63, 3.8) is 0 Å². The van der Waals surface area contributed by atoms with Crippen LogP contribution >= 0.6 is 15.9 Å². The van der Waals surface area contributed by atoms with E-state index in [0.29, 0.717) is 0 Å². The SMILES string of the molecule is CCN(CC)Cc1cc(Br)cc(C(C)(C)C)c1. The lowest BCUT2D eigenvalue weighted by molar-refractivity contribution is 0.295. The van der Waals surface area contributed by atoms with Crippen LogP contribution in [0.1, 0.15) is 45.7 Å². The Bertz CT molecular complexity index is 362. The Kier molecular flexibility index (Phi) is 5.21. The van der Waals surface area contributed by atoms with Crippen LogP contribution in [0.5, 0.6) is 0 Å². The van der Waals surface area contributed by atoms with Gasteiger partial charge in [-0.05, 0) is 41.8 Å². The molecule has 0 N–H and O–H groups in total. The Balaban J connectivity index is 2.97. The third-order valence-electron chi connectivity index (χ3n) is 3.12. The zero-order valence-corrected chi connectivity index (χ0v) is 13.3. The van der Waals surface area contributed by atoms with Crippen molar-refractivity contribution in [1.82, 2.24) is 4.90 Å². The van der Waals surface area contributed by atoms with Gasteiger partial charge in [0.15, 0.2) is 0 Å². The smallest absolute Gasteiger partial charge is 0.0234 e. The third kappa shape index (κ3) is 4.44. The molecule has 17 heavy (non-hydrogen) atoms. The molecule has 0 heterocycles. The molecule has 0 unspecified atom stereocenters. The van der Waals surface area contributed by atoms with Crippen LogP contribution in [0.4, 0.5) is 0 Å². The molecule has 0 amide bonds. The zero-order valence-electron chi connectivity index (χ0n) is 11.7. The van der Waals surface area contributed by atoms with Gasteiger partial charge in [-0.1, -0.05) is 56.6 Å². The van der Waals surface area contributed by atoms with Gasteiger partial charge >= 0.3 is 0 Å². The van der Waals surface area contributed by atoms with E-state index in [2.05, 4.69) is 73.6 Å². The summed E-state index contributed by atoms with van der Waals surface area (Å²) in [6.07, 6.45) is 0. The van der Waals surface area contributed by atoms with E-state index in [0.717, 1.165) is 19.6 Å². The van der Waals surface area contributed by atoms with Crippen LogP contribution in [0.25, 0.3) is 0 Å². The molecule has 0 aliphatic heterocycles. The molecule has 0 spiro atoms. The molecule has 0 radical (unpaired) electrons. The molecule has 0 aliphatic carbocycles. The van der Waals surface area contributed by atoms with Gasteiger partial charge in [0.2, 0.25) is 0 Å². The number of hydrogen-bond donors (Lipinski definition) is 0. The van der Waals surface area contributed by atoms with E-state index in [-0.39, 0.29) is 5.41 Å². The molecule has 0 aromatic heterocycles. The summed E-state index contributed by atoms with van der Waals surface area (Å²) >= 11 is 3.62. The first-order chi connectivity index (χ1) is 7.86. The molecule has 1 rings (SSSR count). The minimum absolute atomic E-state index is 0.210. The predicted octanol–water partition coefficient (Wildman–Crippen LogP) is 4.59. The molecule has 96 valence electrons. The van der Waals surface area contributed by atoms with E-state index in [1.165, 1.54) is 15.6 Å². The molecule has 1 aromatic carbocycles. The molecule has 1 aromatic rings. The van der Waals surface area contributed by atoms with E-state index >= 15 is 0 Å². The zero-order chi connectivity index (χ0) is 13.1. The van der Waals surface area contributed by atoms with E-state index in [1.807, 2.05) is 0 Å². The van der Waals surface area contributed by atoms with Crippen molar-refractivity contribution in [2.45, 2.75) is 46.6 Å². The standard InChI is InChI=1S/C15H24BrN/c1-6-17(7-2)11-12-8-13(15(3,4)5)10-14(16)9-12/h8-10H,6-7,11H2,1-5H3. The molecule has 0 atom stereocenters. The van der Waals surface area contributed by atoms with Crippen molar-refractivity contribution in [3.8, 4) is 0 Å². The monoisotopic (exact) mass is 297 g/mol. The van der Waals surface area contributed by atoms with Gasteiger partial charge < -0.3 is 0 Å². The first-order valence-electron chi connectivity index (χ1n) is 6.39. The molecule has 0 saturated heterocycles. The maximum Gasteiger partial charge on any atom is 0.0234 e. The first kappa shape index (κ1) is 14.7. The lowest BCUT2D eigenvalue weighted by atomic mass is 9.86. The minimum Gasteiger partial charge on any atom is -0.300 e. The van der Waals surface area contributed by atoms with Crippen LogP contribution in [-0.2, 0) is 12.0 Å². The summed E-state index contributed by atoms with van der Waals surface area (Å²) in [6, 6.07) is 6.79. The van der Waals surface area contributed by atoms with Crippen molar-refractivity contribution < 1.29 is 0 Å². The summed E-state index contributed by atoms with van der Waals surface area (Å²) in [4.78, 5) is 2.44. The highest BCUT2D eigenvalue weighted by Crippen LogP contribution is 2.27. The van der Waals surface area contributed by atoms with Crippen molar-refractivity contribution in [2.24, 2.45) is 0 Å². The lowest BCUT2D eigenvalue weighted by Crippen LogP contribution is -2.22. The summed E-state index contributed by atoms with van der Waals surface area (Å²) in [7, 11) is 0. The predicted molar refractivity (Wildman–Crippen MR) is 79.5 cm³/mol. The molecule has 0 aliphatic rings. The molecule has 0 saturated carbocycles. The molecule has 1 nitrogen and oxygen atoms in total. The average Bonchev–Trinajstić information content (AvgIpc) is 2.24. The maximum absolute atomic E-state index is 3.62. The largest absolute Gasteiger partial charge is 0.300 e. The van der Waals surface area contributed by atoms with Gasteiger partial charge in [-0.25, -0.2) is 0 Å². The van der Waals surface area contributed by atoms with Gasteiger partial charge in [0, 0.05) is 11.0 Å². The fourth-order valence-electron chi connectivity index (χ4n) is 1.88. The number of benzene rings is 1. The summed E-state index contributed by atoms with van der Waals surface area (Å²) in [5.41, 5.74) is 3.00. The lowest BCUT2D eigenvalue weighted by Gasteiger charge is -2.23. The highest BCUT2D eigenvalue weighted by molar-refractivity contribution is 9.10. The minimum atomic E-state index is 0.210. The fourth-order valence-corrected chi connectivity index (χ4v) is 2.42. The van der Waals surface area contributed by atoms with Gasteiger partial charge in [-0.15, -0.1) is 0 Å². The number of rotatable bonds is 4. The Hall–Kier alpha value is -0.340. The highest BCUT2D eigenvalue weighted by Gasteiger charge is 2.15. The van der Waals surface area contributed by atoms with E-state index in [4.69, 9.17) is 0 Å². The van der Waals surface area contributed by atoms with Crippen molar-refractivity contribution in [1.29, 1.82) is 0 Å². The maximum atomic E-state index is 3.62. The molecule has 2 heteroatoms. The normalized spacial score (nSPS) is 12.2. The van der Waals surface area contributed by atoms with E-state index < -0.39 is 0 Å². The molecular formula is C15H24BrN. The van der Waals surface area contributed by atoms with Crippen LogP contribution in [0.3, 0.4) is 0 Å². The van der Waals surface area contributed by atoms with E-state index in [9.17, 15) is 0 Å². The first-order valence-corrected chi connectivity index (χ1v) is 7.18. The fraction of sp³-hybridized carbons (Fsp3) is 0.600. The number of hydrogen-bond acceptors (Lipinski definition) is 1. The van der Waals surface area contributed by atoms with Gasteiger partial charge in [-0.2, -0.15) is 0 Å². The van der Waals surface area contributed by atoms with Crippen molar-refractivity contribution in [2.75, 3.05) is 13.1 Å². The van der Waals surface area contributed by atoms with Gasteiger partial charge in [0.05, 0.1) is 0 Å². The quantitative estimate of drug-likeness (QED) is 0.786. The number of halogens is 1. The highest BCUT2D eigenvalue weighted by atomic mass is 79.9. The average molecular weight is 298 g/mol. The van der Waals surface area contributed by atoms with Crippen LogP contribution < -0.4 is 0 Å². The van der Waals surface area contributed by atoms with Crippen LogP contribution in [0.15, 0.2) is 22.7 Å². The van der Waals surface area contributed by atoms with Gasteiger partial charge in [0.1, 0.15) is 0 Å². The summed E-state index contributed by atoms with van der Waals surface area (Å²) in [6.45, 7) is 14.5. The Morgan fingerprint density at radius 1 is 1.06 bits per heavy atom. The Morgan fingerprint density at radius 3 is 2.12 bits per heavy atom. The molecule has 0 fully saturated rings. The second-order valence-corrected chi connectivity index (χ2v) is 6.48. The summed E-state index contributed by atoms with van der Waals surface area (Å²) in [5.74, 6) is 0. The van der Waals surface area contributed by atoms with Crippen molar-refractivity contribution >= 4 is 15.9 Å².